The smallest absolute Gasteiger partial charge is 0.197 e. The highest BCUT2D eigenvalue weighted by Gasteiger charge is 2.36. The van der Waals surface area contributed by atoms with Crippen molar-refractivity contribution in [3.63, 3.8) is 0 Å². The summed E-state index contributed by atoms with van der Waals surface area (Å²) in [4.78, 5) is 28.2. The van der Waals surface area contributed by atoms with Gasteiger partial charge >= 0.3 is 0 Å². The molecule has 0 radical (unpaired) electrons. The summed E-state index contributed by atoms with van der Waals surface area (Å²) in [6, 6.07) is 15.7. The van der Waals surface area contributed by atoms with Gasteiger partial charge < -0.3 is 0 Å². The Morgan fingerprint density at radius 3 is 2.35 bits per heavy atom. The second-order valence-corrected chi connectivity index (χ2v) is 8.90. The van der Waals surface area contributed by atoms with Crippen LogP contribution >= 0.6 is 11.8 Å². The Balaban J connectivity index is 2.09. The molecule has 0 bridgehead atoms. The van der Waals surface area contributed by atoms with E-state index in [9.17, 15) is 9.59 Å². The van der Waals surface area contributed by atoms with Crippen molar-refractivity contribution in [2.45, 2.75) is 45.4 Å². The second-order valence-electron chi connectivity index (χ2n) is 7.73. The number of benzene rings is 2. The highest BCUT2D eigenvalue weighted by atomic mass is 32.2. The van der Waals surface area contributed by atoms with Crippen molar-refractivity contribution < 1.29 is 9.59 Å². The van der Waals surface area contributed by atoms with Crippen molar-refractivity contribution in [1.82, 2.24) is 0 Å². The molecule has 134 valence electrons. The zero-order chi connectivity index (χ0) is 18.9. The Bertz CT molecular complexity index is 892. The van der Waals surface area contributed by atoms with Gasteiger partial charge in [0.15, 0.2) is 11.6 Å². The number of carbonyl (C=O) groups is 2. The lowest BCUT2D eigenvalue weighted by atomic mass is 9.75. The quantitative estimate of drug-likeness (QED) is 0.499. The van der Waals surface area contributed by atoms with E-state index in [4.69, 9.17) is 0 Å². The van der Waals surface area contributed by atoms with Gasteiger partial charge in [0.2, 0.25) is 0 Å². The molecule has 26 heavy (non-hydrogen) atoms. The lowest BCUT2D eigenvalue weighted by molar-refractivity contribution is -0.117. The Kier molecular flexibility index (Phi) is 5.19. The highest BCUT2D eigenvalue weighted by Crippen LogP contribution is 2.44. The summed E-state index contributed by atoms with van der Waals surface area (Å²) in [6.45, 7) is 8.13. The summed E-state index contributed by atoms with van der Waals surface area (Å²) in [6.07, 6.45) is 1.15. The molecular formula is C23H24O2S. The van der Waals surface area contributed by atoms with Gasteiger partial charge in [0.25, 0.3) is 0 Å². The first-order valence-electron chi connectivity index (χ1n) is 8.89. The maximum absolute atomic E-state index is 13.3. The van der Waals surface area contributed by atoms with Crippen molar-refractivity contribution >= 4 is 23.3 Å². The SMILES string of the molecule is Cc1cccc(C(=O)C2=C(Sc3ccccc3)CC(C)(C)CC2=O)c1C. The minimum Gasteiger partial charge on any atom is -0.294 e. The zero-order valence-corrected chi connectivity index (χ0v) is 16.6. The average Bonchev–Trinajstić information content (AvgIpc) is 2.56. The predicted octanol–water partition coefficient (Wildman–Crippen LogP) is 5.92. The molecule has 0 aliphatic heterocycles. The van der Waals surface area contributed by atoms with E-state index in [2.05, 4.69) is 13.8 Å². The molecular weight excluding hydrogens is 340 g/mol. The van der Waals surface area contributed by atoms with Gasteiger partial charge in [-0.3, -0.25) is 9.59 Å². The molecule has 1 aliphatic carbocycles. The standard InChI is InChI=1S/C23H24O2S/c1-15-9-8-12-18(16(15)2)22(25)21-19(24)13-23(3,4)14-20(21)26-17-10-6-5-7-11-17/h5-12H,13-14H2,1-4H3. The van der Waals surface area contributed by atoms with E-state index >= 15 is 0 Å². The van der Waals surface area contributed by atoms with Crippen LogP contribution in [0.3, 0.4) is 0 Å². The van der Waals surface area contributed by atoms with Crippen molar-refractivity contribution in [2.24, 2.45) is 5.41 Å². The van der Waals surface area contributed by atoms with Crippen LogP contribution in [0.15, 0.2) is 63.9 Å². The van der Waals surface area contributed by atoms with Gasteiger partial charge in [-0.25, -0.2) is 0 Å². The van der Waals surface area contributed by atoms with Crippen molar-refractivity contribution in [3.8, 4) is 0 Å². The third kappa shape index (κ3) is 3.83. The molecule has 0 spiro atoms. The molecule has 0 saturated carbocycles. The first-order valence-corrected chi connectivity index (χ1v) is 9.70. The van der Waals surface area contributed by atoms with Crippen molar-refractivity contribution in [1.29, 1.82) is 0 Å². The summed E-state index contributed by atoms with van der Waals surface area (Å²) in [5.41, 5.74) is 2.91. The maximum atomic E-state index is 13.3. The van der Waals surface area contributed by atoms with Crippen LogP contribution in [0, 0.1) is 19.3 Å². The Morgan fingerprint density at radius 1 is 0.962 bits per heavy atom. The number of ketones is 2. The van der Waals surface area contributed by atoms with Gasteiger partial charge in [-0.1, -0.05) is 62.0 Å². The van der Waals surface area contributed by atoms with E-state index < -0.39 is 0 Å². The number of hydrogen-bond donors (Lipinski definition) is 0. The predicted molar refractivity (Wildman–Crippen MR) is 108 cm³/mol. The summed E-state index contributed by atoms with van der Waals surface area (Å²) < 4.78 is 0. The van der Waals surface area contributed by atoms with Crippen LogP contribution in [0.25, 0.3) is 0 Å². The van der Waals surface area contributed by atoms with Gasteiger partial charge in [-0.05, 0) is 48.9 Å². The van der Waals surface area contributed by atoms with Crippen LogP contribution in [0.2, 0.25) is 0 Å². The molecule has 0 aromatic heterocycles. The van der Waals surface area contributed by atoms with Gasteiger partial charge in [0.05, 0.1) is 5.57 Å². The Hall–Kier alpha value is -2.13. The number of Topliss-reactive ketones (excluding diaryl/α,β-unsaturated/α-hetero) is 2. The summed E-state index contributed by atoms with van der Waals surface area (Å²) in [5, 5.41) is 0. The van der Waals surface area contributed by atoms with Crippen molar-refractivity contribution in [2.75, 3.05) is 0 Å². The molecule has 0 fully saturated rings. The van der Waals surface area contributed by atoms with Crippen LogP contribution in [0.5, 0.6) is 0 Å². The summed E-state index contributed by atoms with van der Waals surface area (Å²) in [7, 11) is 0. The zero-order valence-electron chi connectivity index (χ0n) is 15.8. The number of hydrogen-bond acceptors (Lipinski definition) is 3. The maximum Gasteiger partial charge on any atom is 0.197 e. The molecule has 2 aromatic rings. The molecule has 0 atom stereocenters. The van der Waals surface area contributed by atoms with Gasteiger partial charge in [-0.2, -0.15) is 0 Å². The van der Waals surface area contributed by atoms with E-state index in [1.165, 1.54) is 0 Å². The van der Waals surface area contributed by atoms with E-state index in [-0.39, 0.29) is 17.0 Å². The second kappa shape index (κ2) is 7.24. The van der Waals surface area contributed by atoms with Crippen LogP contribution in [-0.2, 0) is 4.79 Å². The number of thioether (sulfide) groups is 1. The normalized spacial score (nSPS) is 16.7. The lowest BCUT2D eigenvalue weighted by Crippen LogP contribution is -2.28. The molecule has 3 heteroatoms. The van der Waals surface area contributed by atoms with E-state index in [1.807, 2.05) is 62.4 Å². The fourth-order valence-electron chi connectivity index (χ4n) is 3.37. The third-order valence-electron chi connectivity index (χ3n) is 4.90. The number of aryl methyl sites for hydroxylation is 1. The molecule has 2 nitrogen and oxygen atoms in total. The highest BCUT2D eigenvalue weighted by molar-refractivity contribution is 8.03. The first-order chi connectivity index (χ1) is 12.3. The van der Waals surface area contributed by atoms with Gasteiger partial charge in [0.1, 0.15) is 0 Å². The molecule has 0 unspecified atom stereocenters. The molecule has 2 aromatic carbocycles. The summed E-state index contributed by atoms with van der Waals surface area (Å²) >= 11 is 1.55. The van der Waals surface area contributed by atoms with Crippen molar-refractivity contribution in [3.05, 3.63) is 75.7 Å². The van der Waals surface area contributed by atoms with Gasteiger partial charge in [0, 0.05) is 21.8 Å². The van der Waals surface area contributed by atoms with E-state index in [1.54, 1.807) is 11.8 Å². The molecule has 0 amide bonds. The first kappa shape index (κ1) is 18.7. The molecule has 0 saturated heterocycles. The number of allylic oxidation sites excluding steroid dienone is 2. The monoisotopic (exact) mass is 364 g/mol. The summed E-state index contributed by atoms with van der Waals surface area (Å²) in [5.74, 6) is -0.171. The fraction of sp³-hybridized carbons (Fsp3) is 0.304. The Morgan fingerprint density at radius 2 is 1.65 bits per heavy atom. The molecule has 1 aliphatic rings. The average molecular weight is 365 g/mol. The van der Waals surface area contributed by atoms with Crippen LogP contribution in [0.1, 0.15) is 48.2 Å². The van der Waals surface area contributed by atoms with Gasteiger partial charge in [-0.15, -0.1) is 0 Å². The van der Waals surface area contributed by atoms with Crippen LogP contribution < -0.4 is 0 Å². The van der Waals surface area contributed by atoms with Crippen LogP contribution in [0.4, 0.5) is 0 Å². The minimum absolute atomic E-state index is 0.0365. The number of rotatable bonds is 4. The fourth-order valence-corrected chi connectivity index (χ4v) is 4.72. The third-order valence-corrected chi connectivity index (χ3v) is 6.00. The van der Waals surface area contributed by atoms with E-state index in [0.29, 0.717) is 17.6 Å². The number of carbonyl (C=O) groups excluding carboxylic acids is 2. The van der Waals surface area contributed by atoms with E-state index in [0.717, 1.165) is 27.3 Å². The molecule has 0 heterocycles. The molecule has 0 N–H and O–H groups in total. The largest absolute Gasteiger partial charge is 0.294 e. The minimum atomic E-state index is -0.134. The topological polar surface area (TPSA) is 34.1 Å². The van der Waals surface area contributed by atoms with Crippen LogP contribution in [-0.4, -0.2) is 11.6 Å². The molecule has 3 rings (SSSR count). The lowest BCUT2D eigenvalue weighted by Gasteiger charge is -2.31. The Labute approximate surface area is 159 Å².